The number of carbonyl (C=O) groups is 2. The molecule has 0 aliphatic carbocycles. The van der Waals surface area contributed by atoms with E-state index in [4.69, 9.17) is 5.11 Å². The maximum absolute atomic E-state index is 13.0. The van der Waals surface area contributed by atoms with Gasteiger partial charge in [0.25, 0.3) is 5.91 Å². The van der Waals surface area contributed by atoms with Gasteiger partial charge in [0.2, 0.25) is 0 Å². The molecule has 0 aliphatic heterocycles. The molecule has 0 spiro atoms. The van der Waals surface area contributed by atoms with Crippen molar-refractivity contribution in [1.29, 1.82) is 0 Å². The van der Waals surface area contributed by atoms with Crippen LogP contribution in [0.4, 0.5) is 13.2 Å². The Balaban J connectivity index is 3.04. The predicted octanol–water partition coefficient (Wildman–Crippen LogP) is 2.48. The molecule has 1 aromatic carbocycles. The van der Waals surface area contributed by atoms with Crippen molar-refractivity contribution in [2.75, 3.05) is 0 Å². The molecule has 20 heavy (non-hydrogen) atoms. The second-order valence-electron chi connectivity index (χ2n) is 4.60. The Hall–Kier alpha value is -2.05. The molecule has 2 N–H and O–H groups in total. The maximum atomic E-state index is 13.0. The van der Waals surface area contributed by atoms with Gasteiger partial charge in [-0.3, -0.25) is 4.79 Å². The van der Waals surface area contributed by atoms with Gasteiger partial charge in [-0.15, -0.1) is 0 Å². The van der Waals surface area contributed by atoms with Gasteiger partial charge in [-0.1, -0.05) is 13.3 Å². The molecule has 0 radical (unpaired) electrons. The lowest BCUT2D eigenvalue weighted by atomic mass is 9.95. The Bertz CT molecular complexity index is 525. The minimum atomic E-state index is -1.68. The summed E-state index contributed by atoms with van der Waals surface area (Å²) in [6.45, 7) is 3.01. The SMILES string of the molecule is CCCC(C)(NC(=O)c1cc(F)c(F)c(F)c1)C(=O)O. The summed E-state index contributed by atoms with van der Waals surface area (Å²) in [6.07, 6.45) is 0.620. The molecular formula is C13H14F3NO3. The summed E-state index contributed by atoms with van der Waals surface area (Å²) in [5.41, 5.74) is -2.04. The first-order valence-corrected chi connectivity index (χ1v) is 5.91. The van der Waals surface area contributed by atoms with E-state index in [1.807, 2.05) is 0 Å². The van der Waals surface area contributed by atoms with Crippen LogP contribution in [0.5, 0.6) is 0 Å². The van der Waals surface area contributed by atoms with Gasteiger partial charge in [0.05, 0.1) is 0 Å². The highest BCUT2D eigenvalue weighted by atomic mass is 19.2. The van der Waals surface area contributed by atoms with Crippen LogP contribution in [0, 0.1) is 17.5 Å². The highest BCUT2D eigenvalue weighted by Gasteiger charge is 2.34. The summed E-state index contributed by atoms with van der Waals surface area (Å²) in [6, 6.07) is 1.03. The van der Waals surface area contributed by atoms with Gasteiger partial charge in [0, 0.05) is 5.56 Å². The predicted molar refractivity (Wildman–Crippen MR) is 64.7 cm³/mol. The lowest BCUT2D eigenvalue weighted by Crippen LogP contribution is -2.52. The van der Waals surface area contributed by atoms with Gasteiger partial charge in [-0.2, -0.15) is 0 Å². The topological polar surface area (TPSA) is 66.4 Å². The summed E-state index contributed by atoms with van der Waals surface area (Å²) in [5, 5.41) is 11.3. The first-order valence-electron chi connectivity index (χ1n) is 5.91. The molecule has 0 saturated heterocycles. The monoisotopic (exact) mass is 289 g/mol. The average molecular weight is 289 g/mol. The van der Waals surface area contributed by atoms with Gasteiger partial charge < -0.3 is 10.4 Å². The number of carboxylic acids is 1. The number of carbonyl (C=O) groups excluding carboxylic acids is 1. The second-order valence-corrected chi connectivity index (χ2v) is 4.60. The fourth-order valence-corrected chi connectivity index (χ4v) is 1.73. The number of amides is 1. The van der Waals surface area contributed by atoms with Crippen LogP contribution in [-0.4, -0.2) is 22.5 Å². The van der Waals surface area contributed by atoms with E-state index >= 15 is 0 Å². The minimum absolute atomic E-state index is 0.139. The van der Waals surface area contributed by atoms with Gasteiger partial charge in [-0.05, 0) is 25.5 Å². The molecule has 110 valence electrons. The van der Waals surface area contributed by atoms with E-state index in [1.54, 1.807) is 6.92 Å². The lowest BCUT2D eigenvalue weighted by molar-refractivity contribution is -0.144. The fraction of sp³-hybridized carbons (Fsp3) is 0.385. The Morgan fingerprint density at radius 2 is 1.75 bits per heavy atom. The highest BCUT2D eigenvalue weighted by Crippen LogP contribution is 2.17. The molecule has 4 nitrogen and oxygen atoms in total. The molecule has 0 heterocycles. The lowest BCUT2D eigenvalue weighted by Gasteiger charge is -2.25. The van der Waals surface area contributed by atoms with E-state index in [0.717, 1.165) is 0 Å². The molecule has 1 aromatic rings. The number of benzene rings is 1. The smallest absolute Gasteiger partial charge is 0.329 e. The summed E-state index contributed by atoms with van der Waals surface area (Å²) >= 11 is 0. The third-order valence-electron chi connectivity index (χ3n) is 2.86. The van der Waals surface area contributed by atoms with Crippen molar-refractivity contribution in [3.05, 3.63) is 35.1 Å². The van der Waals surface area contributed by atoms with Crippen molar-refractivity contribution in [3.8, 4) is 0 Å². The van der Waals surface area contributed by atoms with Gasteiger partial charge >= 0.3 is 5.97 Å². The van der Waals surface area contributed by atoms with Crippen molar-refractivity contribution in [3.63, 3.8) is 0 Å². The summed E-state index contributed by atoms with van der Waals surface area (Å²) < 4.78 is 38.8. The highest BCUT2D eigenvalue weighted by molar-refractivity contribution is 5.97. The van der Waals surface area contributed by atoms with Crippen LogP contribution in [0.25, 0.3) is 0 Å². The van der Waals surface area contributed by atoms with Gasteiger partial charge in [0.15, 0.2) is 17.5 Å². The molecule has 0 aromatic heterocycles. The molecule has 0 aliphatic rings. The number of rotatable bonds is 5. The third kappa shape index (κ3) is 3.28. The van der Waals surface area contributed by atoms with Crippen LogP contribution < -0.4 is 5.32 Å². The van der Waals surface area contributed by atoms with Crippen LogP contribution in [0.1, 0.15) is 37.0 Å². The number of hydrogen-bond acceptors (Lipinski definition) is 2. The second kappa shape index (κ2) is 5.94. The van der Waals surface area contributed by atoms with Crippen LogP contribution in [0.15, 0.2) is 12.1 Å². The van der Waals surface area contributed by atoms with Crippen LogP contribution in [0.2, 0.25) is 0 Å². The quantitative estimate of drug-likeness (QED) is 0.818. The molecular weight excluding hydrogens is 275 g/mol. The van der Waals surface area contributed by atoms with Crippen LogP contribution >= 0.6 is 0 Å². The van der Waals surface area contributed by atoms with Crippen LogP contribution in [0.3, 0.4) is 0 Å². The number of halogens is 3. The zero-order chi connectivity index (χ0) is 15.5. The van der Waals surface area contributed by atoms with E-state index in [9.17, 15) is 22.8 Å². The molecule has 1 atom stereocenters. The zero-order valence-corrected chi connectivity index (χ0v) is 11.0. The fourth-order valence-electron chi connectivity index (χ4n) is 1.73. The molecule has 1 unspecified atom stereocenters. The van der Waals surface area contributed by atoms with Gasteiger partial charge in [0.1, 0.15) is 5.54 Å². The van der Waals surface area contributed by atoms with E-state index in [-0.39, 0.29) is 6.42 Å². The molecule has 0 bridgehead atoms. The first-order chi connectivity index (χ1) is 9.21. The Labute approximate surface area is 113 Å². The minimum Gasteiger partial charge on any atom is -0.480 e. The normalized spacial score (nSPS) is 13.7. The third-order valence-corrected chi connectivity index (χ3v) is 2.86. The summed E-state index contributed by atoms with van der Waals surface area (Å²) in [7, 11) is 0. The molecule has 1 amide bonds. The zero-order valence-electron chi connectivity index (χ0n) is 11.0. The van der Waals surface area contributed by atoms with Crippen molar-refractivity contribution in [1.82, 2.24) is 5.32 Å². The van der Waals surface area contributed by atoms with Crippen LogP contribution in [-0.2, 0) is 4.79 Å². The molecule has 0 saturated carbocycles. The summed E-state index contributed by atoms with van der Waals surface area (Å²) in [5.74, 6) is -6.96. The Kier molecular flexibility index (Phi) is 4.75. The number of hydrogen-bond donors (Lipinski definition) is 2. The average Bonchev–Trinajstić information content (AvgIpc) is 2.35. The van der Waals surface area contributed by atoms with E-state index < -0.39 is 40.4 Å². The van der Waals surface area contributed by atoms with E-state index in [2.05, 4.69) is 5.32 Å². The molecule has 7 heteroatoms. The largest absolute Gasteiger partial charge is 0.480 e. The van der Waals surface area contributed by atoms with Crippen molar-refractivity contribution < 1.29 is 27.9 Å². The van der Waals surface area contributed by atoms with E-state index in [0.29, 0.717) is 18.6 Å². The van der Waals surface area contributed by atoms with Gasteiger partial charge in [-0.25, -0.2) is 18.0 Å². The maximum Gasteiger partial charge on any atom is 0.329 e. The van der Waals surface area contributed by atoms with Crippen molar-refractivity contribution >= 4 is 11.9 Å². The first kappa shape index (κ1) is 16.0. The number of carboxylic acid groups (broad SMARTS) is 1. The standard InChI is InChI=1S/C13H14F3NO3/c1-3-4-13(2,12(19)20)17-11(18)7-5-8(14)10(16)9(15)6-7/h5-6H,3-4H2,1-2H3,(H,17,18)(H,19,20). The number of aliphatic carboxylic acids is 1. The van der Waals surface area contributed by atoms with E-state index in [1.165, 1.54) is 6.92 Å². The Morgan fingerprint density at radius 1 is 1.25 bits per heavy atom. The molecule has 1 rings (SSSR count). The summed E-state index contributed by atoms with van der Waals surface area (Å²) in [4.78, 5) is 23.0. The number of nitrogens with one attached hydrogen (secondary N) is 1. The molecule has 0 fully saturated rings. The van der Waals surface area contributed by atoms with Crippen molar-refractivity contribution in [2.24, 2.45) is 0 Å². The van der Waals surface area contributed by atoms with Crippen molar-refractivity contribution in [2.45, 2.75) is 32.2 Å². The Morgan fingerprint density at radius 3 is 2.15 bits per heavy atom.